The highest BCUT2D eigenvalue weighted by Gasteiger charge is 2.25. The maximum absolute atomic E-state index is 12.4. The van der Waals surface area contributed by atoms with Crippen LogP contribution in [0.1, 0.15) is 38.2 Å². The molecule has 2 N–H and O–H groups in total. The highest BCUT2D eigenvalue weighted by molar-refractivity contribution is 7.89. The van der Waals surface area contributed by atoms with Gasteiger partial charge >= 0.3 is 5.97 Å². The first kappa shape index (κ1) is 17.5. The first-order valence-electron chi connectivity index (χ1n) is 6.41. The van der Waals surface area contributed by atoms with E-state index in [-0.39, 0.29) is 16.9 Å². The molecular formula is C13H17F2NO4S. The minimum absolute atomic E-state index is 0.167. The van der Waals surface area contributed by atoms with E-state index in [1.54, 1.807) is 0 Å². The lowest BCUT2D eigenvalue weighted by molar-refractivity contribution is -0.139. The van der Waals surface area contributed by atoms with E-state index in [4.69, 9.17) is 5.11 Å². The van der Waals surface area contributed by atoms with Crippen molar-refractivity contribution in [3.63, 3.8) is 0 Å². The van der Waals surface area contributed by atoms with Gasteiger partial charge in [0, 0.05) is 5.56 Å². The van der Waals surface area contributed by atoms with Gasteiger partial charge in [-0.05, 0) is 18.6 Å². The number of rotatable bonds is 8. The number of nitrogens with one attached hydrogen (secondary N) is 1. The Bertz CT molecular complexity index is 572. The molecule has 1 aromatic carbocycles. The predicted molar refractivity (Wildman–Crippen MR) is 72.7 cm³/mol. The standard InChI is InChI=1S/C13H17F2NO4S/c1-2-3-4-11(13(17)18)16-21(19,20)10-7-5-9(6-8-10)12(14)15/h5-8,11-12,16H,2-4H2,1H3,(H,17,18). The summed E-state index contributed by atoms with van der Waals surface area (Å²) in [6, 6.07) is 2.83. The average Bonchev–Trinajstić information content (AvgIpc) is 2.43. The quantitative estimate of drug-likeness (QED) is 0.771. The van der Waals surface area contributed by atoms with Crippen molar-refractivity contribution in [3.05, 3.63) is 29.8 Å². The summed E-state index contributed by atoms with van der Waals surface area (Å²) in [5.41, 5.74) is -0.297. The third-order valence-electron chi connectivity index (χ3n) is 2.88. The molecular weight excluding hydrogens is 304 g/mol. The second kappa shape index (κ2) is 7.46. The minimum Gasteiger partial charge on any atom is -0.480 e. The van der Waals surface area contributed by atoms with Crippen molar-refractivity contribution in [3.8, 4) is 0 Å². The Balaban J connectivity index is 2.91. The zero-order valence-electron chi connectivity index (χ0n) is 11.4. The van der Waals surface area contributed by atoms with E-state index in [0.29, 0.717) is 6.42 Å². The van der Waals surface area contributed by atoms with Crippen molar-refractivity contribution in [1.29, 1.82) is 0 Å². The first-order chi connectivity index (χ1) is 9.77. The van der Waals surface area contributed by atoms with Crippen LogP contribution in [0.25, 0.3) is 0 Å². The van der Waals surface area contributed by atoms with Gasteiger partial charge in [-0.15, -0.1) is 0 Å². The minimum atomic E-state index is -4.05. The SMILES string of the molecule is CCCCC(NS(=O)(=O)c1ccc(C(F)F)cc1)C(=O)O. The molecule has 0 radical (unpaired) electrons. The number of carboxylic acids is 1. The van der Waals surface area contributed by atoms with Gasteiger partial charge in [0.25, 0.3) is 6.43 Å². The monoisotopic (exact) mass is 321 g/mol. The van der Waals surface area contributed by atoms with Crippen molar-refractivity contribution in [2.24, 2.45) is 0 Å². The second-order valence-corrected chi connectivity index (χ2v) is 6.24. The highest BCUT2D eigenvalue weighted by Crippen LogP contribution is 2.20. The number of carboxylic acid groups (broad SMARTS) is 1. The molecule has 0 aliphatic carbocycles. The van der Waals surface area contributed by atoms with Gasteiger partial charge in [-0.25, -0.2) is 17.2 Å². The maximum Gasteiger partial charge on any atom is 0.321 e. The van der Waals surface area contributed by atoms with Crippen LogP contribution in [0.4, 0.5) is 8.78 Å². The zero-order chi connectivity index (χ0) is 16.0. The molecule has 21 heavy (non-hydrogen) atoms. The Morgan fingerprint density at radius 2 is 1.86 bits per heavy atom. The lowest BCUT2D eigenvalue weighted by Gasteiger charge is -2.14. The van der Waals surface area contributed by atoms with E-state index in [2.05, 4.69) is 4.72 Å². The number of alkyl halides is 2. The molecule has 0 bridgehead atoms. The molecule has 5 nitrogen and oxygen atoms in total. The Kier molecular flexibility index (Phi) is 6.22. The van der Waals surface area contributed by atoms with Gasteiger partial charge in [0.1, 0.15) is 6.04 Å². The number of unbranched alkanes of at least 4 members (excludes halogenated alkanes) is 1. The summed E-state index contributed by atoms with van der Waals surface area (Å²) in [4.78, 5) is 10.8. The van der Waals surface area contributed by atoms with Crippen molar-refractivity contribution in [2.45, 2.75) is 43.5 Å². The lowest BCUT2D eigenvalue weighted by atomic mass is 10.1. The maximum atomic E-state index is 12.4. The summed E-state index contributed by atoms with van der Waals surface area (Å²) in [6.07, 6.45) is -1.23. The van der Waals surface area contributed by atoms with Crippen LogP contribution in [0.5, 0.6) is 0 Å². The normalized spacial score (nSPS) is 13.3. The van der Waals surface area contributed by atoms with E-state index in [9.17, 15) is 22.0 Å². The molecule has 118 valence electrons. The average molecular weight is 321 g/mol. The van der Waals surface area contributed by atoms with E-state index in [1.807, 2.05) is 6.92 Å². The Hall–Kier alpha value is -1.54. The Morgan fingerprint density at radius 3 is 2.29 bits per heavy atom. The smallest absolute Gasteiger partial charge is 0.321 e. The molecule has 0 aliphatic heterocycles. The summed E-state index contributed by atoms with van der Waals surface area (Å²) >= 11 is 0. The summed E-state index contributed by atoms with van der Waals surface area (Å²) < 4.78 is 51.0. The van der Waals surface area contributed by atoms with Crippen LogP contribution in [0.2, 0.25) is 0 Å². The third-order valence-corrected chi connectivity index (χ3v) is 4.37. The van der Waals surface area contributed by atoms with Crippen molar-refractivity contribution >= 4 is 16.0 Å². The van der Waals surface area contributed by atoms with Crippen LogP contribution in [0.15, 0.2) is 29.2 Å². The molecule has 0 fully saturated rings. The van der Waals surface area contributed by atoms with Crippen LogP contribution in [0.3, 0.4) is 0 Å². The van der Waals surface area contributed by atoms with Gasteiger partial charge in [-0.2, -0.15) is 4.72 Å². The molecule has 0 saturated carbocycles. The van der Waals surface area contributed by atoms with Gasteiger partial charge < -0.3 is 5.11 Å². The molecule has 1 rings (SSSR count). The fraction of sp³-hybridized carbons (Fsp3) is 0.462. The molecule has 0 aliphatic rings. The Labute approximate surface area is 122 Å². The van der Waals surface area contributed by atoms with Crippen molar-refractivity contribution in [1.82, 2.24) is 4.72 Å². The van der Waals surface area contributed by atoms with Gasteiger partial charge in [0.05, 0.1) is 4.90 Å². The second-order valence-electron chi connectivity index (χ2n) is 4.52. The van der Waals surface area contributed by atoms with E-state index in [0.717, 1.165) is 30.7 Å². The topological polar surface area (TPSA) is 83.5 Å². The molecule has 0 heterocycles. The van der Waals surface area contributed by atoms with Crippen LogP contribution in [-0.2, 0) is 14.8 Å². The fourth-order valence-electron chi connectivity index (χ4n) is 1.69. The molecule has 1 unspecified atom stereocenters. The Morgan fingerprint density at radius 1 is 1.29 bits per heavy atom. The van der Waals surface area contributed by atoms with Crippen molar-refractivity contribution in [2.75, 3.05) is 0 Å². The van der Waals surface area contributed by atoms with Gasteiger partial charge in [-0.3, -0.25) is 4.79 Å². The molecule has 8 heteroatoms. The van der Waals surface area contributed by atoms with E-state index < -0.39 is 28.5 Å². The molecule has 0 amide bonds. The zero-order valence-corrected chi connectivity index (χ0v) is 12.2. The molecule has 0 spiro atoms. The summed E-state index contributed by atoms with van der Waals surface area (Å²) in [5, 5.41) is 9.00. The molecule has 1 atom stereocenters. The summed E-state index contributed by atoms with van der Waals surface area (Å²) in [7, 11) is -4.05. The number of aliphatic carboxylic acids is 1. The van der Waals surface area contributed by atoms with Gasteiger partial charge in [-0.1, -0.05) is 31.9 Å². The number of halogens is 2. The summed E-state index contributed by atoms with van der Waals surface area (Å²) in [5.74, 6) is -1.27. The van der Waals surface area contributed by atoms with Crippen LogP contribution < -0.4 is 4.72 Å². The van der Waals surface area contributed by atoms with E-state index in [1.165, 1.54) is 0 Å². The highest BCUT2D eigenvalue weighted by atomic mass is 32.2. The summed E-state index contributed by atoms with van der Waals surface area (Å²) in [6.45, 7) is 1.86. The van der Waals surface area contributed by atoms with Crippen molar-refractivity contribution < 1.29 is 27.1 Å². The van der Waals surface area contributed by atoms with Crippen LogP contribution >= 0.6 is 0 Å². The first-order valence-corrected chi connectivity index (χ1v) is 7.89. The van der Waals surface area contributed by atoms with Crippen LogP contribution in [-0.4, -0.2) is 25.5 Å². The third kappa shape index (κ3) is 5.05. The number of carbonyl (C=O) groups is 1. The number of sulfonamides is 1. The largest absolute Gasteiger partial charge is 0.480 e. The number of hydrogen-bond donors (Lipinski definition) is 2. The fourth-order valence-corrected chi connectivity index (χ4v) is 2.91. The number of hydrogen-bond acceptors (Lipinski definition) is 3. The van der Waals surface area contributed by atoms with E-state index >= 15 is 0 Å². The predicted octanol–water partition coefficient (Wildman–Crippen LogP) is 2.55. The molecule has 0 aromatic heterocycles. The molecule has 1 aromatic rings. The molecule has 0 saturated heterocycles. The van der Waals surface area contributed by atoms with Gasteiger partial charge in [0.2, 0.25) is 10.0 Å². The number of benzene rings is 1. The van der Waals surface area contributed by atoms with Gasteiger partial charge in [0.15, 0.2) is 0 Å². The lowest BCUT2D eigenvalue weighted by Crippen LogP contribution is -2.40. The van der Waals surface area contributed by atoms with Crippen LogP contribution in [0, 0.1) is 0 Å².